The van der Waals surface area contributed by atoms with E-state index in [0.29, 0.717) is 0 Å². The Morgan fingerprint density at radius 2 is 2.05 bits per heavy atom. The van der Waals surface area contributed by atoms with Gasteiger partial charge in [-0.05, 0) is 73.4 Å². The summed E-state index contributed by atoms with van der Waals surface area (Å²) in [5.74, 6) is 0.886. The lowest BCUT2D eigenvalue weighted by Gasteiger charge is -2.16. The van der Waals surface area contributed by atoms with Gasteiger partial charge in [-0.2, -0.15) is 0 Å². The number of rotatable bonds is 6. The second-order valence-corrected chi connectivity index (χ2v) is 6.20. The molecule has 0 saturated heterocycles. The molecule has 1 N–H and O–H groups in total. The van der Waals surface area contributed by atoms with Crippen LogP contribution in [0.25, 0.3) is 0 Å². The van der Waals surface area contributed by atoms with E-state index >= 15 is 0 Å². The van der Waals surface area contributed by atoms with Crippen LogP contribution in [0.4, 0.5) is 0 Å². The summed E-state index contributed by atoms with van der Waals surface area (Å²) in [6.07, 6.45) is 2.46. The Kier molecular flexibility index (Phi) is 5.21. The van der Waals surface area contributed by atoms with E-state index in [1.165, 1.54) is 4.88 Å². The van der Waals surface area contributed by atoms with E-state index in [9.17, 15) is 5.11 Å². The molecule has 1 atom stereocenters. The zero-order chi connectivity index (χ0) is 14.5. The third-order valence-electron chi connectivity index (χ3n) is 3.62. The molecule has 0 aliphatic heterocycles. The third kappa shape index (κ3) is 3.62. The van der Waals surface area contributed by atoms with Crippen molar-refractivity contribution < 1.29 is 9.84 Å². The van der Waals surface area contributed by atoms with E-state index in [4.69, 9.17) is 4.74 Å². The number of methoxy groups -OCH3 is 1. The van der Waals surface area contributed by atoms with Gasteiger partial charge in [0.1, 0.15) is 5.75 Å². The zero-order valence-corrected chi connectivity index (χ0v) is 13.2. The predicted octanol–water partition coefficient (Wildman–Crippen LogP) is 4.43. The van der Waals surface area contributed by atoms with Crippen molar-refractivity contribution in [3.63, 3.8) is 0 Å². The molecule has 0 spiro atoms. The normalized spacial score (nSPS) is 12.4. The quantitative estimate of drug-likeness (QED) is 0.853. The molecule has 0 radical (unpaired) electrons. The third-order valence-corrected chi connectivity index (χ3v) is 4.56. The molecule has 0 fully saturated rings. The van der Waals surface area contributed by atoms with Crippen LogP contribution in [-0.2, 0) is 6.42 Å². The fourth-order valence-corrected chi connectivity index (χ4v) is 3.22. The number of aliphatic hydroxyl groups excluding tert-OH is 1. The van der Waals surface area contributed by atoms with E-state index in [-0.39, 0.29) is 6.10 Å². The predicted molar refractivity (Wildman–Crippen MR) is 84.7 cm³/mol. The monoisotopic (exact) mass is 290 g/mol. The molecule has 20 heavy (non-hydrogen) atoms. The van der Waals surface area contributed by atoms with E-state index < -0.39 is 0 Å². The largest absolute Gasteiger partial charge is 0.496 e. The maximum atomic E-state index is 10.4. The topological polar surface area (TPSA) is 29.5 Å². The first-order valence-electron chi connectivity index (χ1n) is 6.97. The SMILES string of the molecule is COc1cc(C)c(C(O)CCCc2cccs2)cc1C. The highest BCUT2D eigenvalue weighted by atomic mass is 32.1. The van der Waals surface area contributed by atoms with Crippen LogP contribution in [0, 0.1) is 13.8 Å². The molecule has 2 rings (SSSR count). The van der Waals surface area contributed by atoms with Gasteiger partial charge in [-0.25, -0.2) is 0 Å². The molecule has 0 aliphatic rings. The molecule has 0 amide bonds. The van der Waals surface area contributed by atoms with Gasteiger partial charge >= 0.3 is 0 Å². The van der Waals surface area contributed by atoms with E-state index in [2.05, 4.69) is 17.5 Å². The van der Waals surface area contributed by atoms with Crippen molar-refractivity contribution in [2.24, 2.45) is 0 Å². The highest BCUT2D eigenvalue weighted by Crippen LogP contribution is 2.29. The van der Waals surface area contributed by atoms with Crippen molar-refractivity contribution in [3.05, 3.63) is 51.2 Å². The summed E-state index contributed by atoms with van der Waals surface area (Å²) in [5, 5.41) is 12.5. The molecular weight excluding hydrogens is 268 g/mol. The molecule has 2 aromatic rings. The Hall–Kier alpha value is -1.32. The minimum absolute atomic E-state index is 0.389. The van der Waals surface area contributed by atoms with Gasteiger partial charge in [-0.15, -0.1) is 11.3 Å². The lowest BCUT2D eigenvalue weighted by molar-refractivity contribution is 0.164. The fourth-order valence-electron chi connectivity index (χ4n) is 2.47. The molecule has 1 aromatic carbocycles. The zero-order valence-electron chi connectivity index (χ0n) is 12.3. The van der Waals surface area contributed by atoms with Crippen molar-refractivity contribution in [3.8, 4) is 5.75 Å². The average Bonchev–Trinajstić information content (AvgIpc) is 2.94. The number of aliphatic hydroxyl groups is 1. The fraction of sp³-hybridized carbons (Fsp3) is 0.412. The van der Waals surface area contributed by atoms with Gasteiger partial charge in [0.05, 0.1) is 13.2 Å². The lowest BCUT2D eigenvalue weighted by atomic mass is 9.96. The standard InChI is InChI=1S/C17H22O2S/c1-12-11-17(19-3)13(2)10-15(12)16(18)8-4-6-14-7-5-9-20-14/h5,7,9-11,16,18H,4,6,8H2,1-3H3. The van der Waals surface area contributed by atoms with Crippen molar-refractivity contribution in [2.45, 2.75) is 39.2 Å². The van der Waals surface area contributed by atoms with Gasteiger partial charge in [0.2, 0.25) is 0 Å². The first-order valence-corrected chi connectivity index (χ1v) is 7.85. The van der Waals surface area contributed by atoms with Gasteiger partial charge in [0, 0.05) is 4.88 Å². The molecule has 2 nitrogen and oxygen atoms in total. The minimum atomic E-state index is -0.389. The molecule has 3 heteroatoms. The van der Waals surface area contributed by atoms with E-state index in [0.717, 1.165) is 41.7 Å². The molecule has 1 unspecified atom stereocenters. The van der Waals surface area contributed by atoms with E-state index in [1.807, 2.05) is 26.0 Å². The number of benzene rings is 1. The van der Waals surface area contributed by atoms with Crippen LogP contribution in [0.3, 0.4) is 0 Å². The first-order chi connectivity index (χ1) is 9.61. The lowest BCUT2D eigenvalue weighted by Crippen LogP contribution is -2.02. The van der Waals surface area contributed by atoms with Crippen molar-refractivity contribution in [1.82, 2.24) is 0 Å². The number of thiophene rings is 1. The summed E-state index contributed by atoms with van der Waals surface area (Å²) in [4.78, 5) is 1.39. The van der Waals surface area contributed by atoms with Crippen LogP contribution in [0.5, 0.6) is 5.75 Å². The highest BCUT2D eigenvalue weighted by molar-refractivity contribution is 7.09. The Bertz CT molecular complexity index is 546. The van der Waals surface area contributed by atoms with Gasteiger partial charge in [0.25, 0.3) is 0 Å². The molecule has 0 bridgehead atoms. The molecule has 0 saturated carbocycles. The second kappa shape index (κ2) is 6.91. The Morgan fingerprint density at radius 3 is 2.70 bits per heavy atom. The van der Waals surface area contributed by atoms with Crippen molar-refractivity contribution in [1.29, 1.82) is 0 Å². The van der Waals surface area contributed by atoms with E-state index in [1.54, 1.807) is 18.4 Å². The number of aryl methyl sites for hydroxylation is 3. The van der Waals surface area contributed by atoms with Crippen molar-refractivity contribution >= 4 is 11.3 Å². The van der Waals surface area contributed by atoms with Gasteiger partial charge in [-0.1, -0.05) is 6.07 Å². The molecule has 0 aliphatic carbocycles. The summed E-state index contributed by atoms with van der Waals surface area (Å²) in [6.45, 7) is 4.04. The maximum absolute atomic E-state index is 10.4. The van der Waals surface area contributed by atoms with Crippen molar-refractivity contribution in [2.75, 3.05) is 7.11 Å². The Labute approximate surface area is 125 Å². The minimum Gasteiger partial charge on any atom is -0.496 e. The number of hydrogen-bond donors (Lipinski definition) is 1. The van der Waals surface area contributed by atoms with Crippen LogP contribution < -0.4 is 4.74 Å². The summed E-state index contributed by atoms with van der Waals surface area (Å²) in [7, 11) is 1.68. The summed E-state index contributed by atoms with van der Waals surface area (Å²) < 4.78 is 5.31. The van der Waals surface area contributed by atoms with Crippen LogP contribution in [-0.4, -0.2) is 12.2 Å². The molecule has 108 valence electrons. The summed E-state index contributed by atoms with van der Waals surface area (Å²) in [5.41, 5.74) is 3.19. The highest BCUT2D eigenvalue weighted by Gasteiger charge is 2.13. The van der Waals surface area contributed by atoms with Crippen LogP contribution in [0.15, 0.2) is 29.6 Å². The van der Waals surface area contributed by atoms with Crippen LogP contribution >= 0.6 is 11.3 Å². The molecular formula is C17H22O2S. The summed E-state index contributed by atoms with van der Waals surface area (Å²) >= 11 is 1.78. The maximum Gasteiger partial charge on any atom is 0.122 e. The first kappa shape index (κ1) is 15.1. The van der Waals surface area contributed by atoms with Crippen LogP contribution in [0.2, 0.25) is 0 Å². The molecule has 1 heterocycles. The van der Waals surface area contributed by atoms with Crippen LogP contribution in [0.1, 0.15) is 40.5 Å². The number of ether oxygens (including phenoxy) is 1. The average molecular weight is 290 g/mol. The number of hydrogen-bond acceptors (Lipinski definition) is 3. The second-order valence-electron chi connectivity index (χ2n) is 5.17. The molecule has 1 aromatic heterocycles. The van der Waals surface area contributed by atoms with Gasteiger partial charge < -0.3 is 9.84 Å². The smallest absolute Gasteiger partial charge is 0.122 e. The Balaban J connectivity index is 1.98. The Morgan fingerprint density at radius 1 is 1.25 bits per heavy atom. The van der Waals surface area contributed by atoms with Gasteiger partial charge in [-0.3, -0.25) is 0 Å². The van der Waals surface area contributed by atoms with Gasteiger partial charge in [0.15, 0.2) is 0 Å². The summed E-state index contributed by atoms with van der Waals surface area (Å²) in [6, 6.07) is 8.28.